The molecule has 0 unspecified atom stereocenters. The molecule has 2 aromatic heterocycles. The van der Waals surface area contributed by atoms with Gasteiger partial charge in [0.15, 0.2) is 0 Å². The minimum Gasteiger partial charge on any atom is -0.349 e. The van der Waals surface area contributed by atoms with Gasteiger partial charge in [-0.05, 0) is 37.0 Å². The van der Waals surface area contributed by atoms with Crippen molar-refractivity contribution in [2.24, 2.45) is 5.92 Å². The van der Waals surface area contributed by atoms with E-state index in [1.165, 1.54) is 6.20 Å². The summed E-state index contributed by atoms with van der Waals surface area (Å²) in [5.41, 5.74) is 1.95. The summed E-state index contributed by atoms with van der Waals surface area (Å²) in [6, 6.07) is 12.4. The summed E-state index contributed by atoms with van der Waals surface area (Å²) in [6.07, 6.45) is 2.02. The number of hydrogen-bond donors (Lipinski definition) is 2. The van der Waals surface area contributed by atoms with Gasteiger partial charge in [0.1, 0.15) is 17.3 Å². The molecule has 1 fully saturated rings. The summed E-state index contributed by atoms with van der Waals surface area (Å²) in [4.78, 5) is 48.3. The van der Waals surface area contributed by atoms with Gasteiger partial charge in [-0.3, -0.25) is 14.4 Å². The zero-order valence-corrected chi connectivity index (χ0v) is 17.9. The molecule has 1 aliphatic rings. The smallest absolute Gasteiger partial charge is 0.260 e. The number of nitrogens with one attached hydrogen (secondary N) is 2. The van der Waals surface area contributed by atoms with Crippen molar-refractivity contribution in [3.63, 3.8) is 0 Å². The number of nitrogens with zero attached hydrogens (tertiary/aromatic N) is 2. The maximum Gasteiger partial charge on any atom is 0.260 e. The number of fused-ring (bicyclic) bond motifs is 1. The highest BCUT2D eigenvalue weighted by molar-refractivity contribution is 6.00. The zero-order chi connectivity index (χ0) is 22.1. The number of amides is 2. The monoisotopic (exact) mass is 418 g/mol. The molecule has 0 bridgehead atoms. The molecule has 2 N–H and O–H groups in total. The van der Waals surface area contributed by atoms with E-state index in [1.54, 1.807) is 17.0 Å². The van der Waals surface area contributed by atoms with Gasteiger partial charge in [0.05, 0.1) is 11.4 Å². The quantitative estimate of drug-likeness (QED) is 0.680. The van der Waals surface area contributed by atoms with Crippen molar-refractivity contribution in [3.05, 3.63) is 75.7 Å². The number of aromatic nitrogens is 2. The summed E-state index contributed by atoms with van der Waals surface area (Å²) in [5, 5.41) is 3.42. The summed E-state index contributed by atoms with van der Waals surface area (Å²) in [6.45, 7) is 5.98. The van der Waals surface area contributed by atoms with Crippen molar-refractivity contribution in [2.75, 3.05) is 6.54 Å². The summed E-state index contributed by atoms with van der Waals surface area (Å²) < 4.78 is 0. The molecule has 0 spiro atoms. The van der Waals surface area contributed by atoms with Crippen LogP contribution in [-0.2, 0) is 11.2 Å². The van der Waals surface area contributed by atoms with E-state index in [0.717, 1.165) is 11.3 Å². The number of pyridine rings is 2. The number of H-pyrrole nitrogens is 1. The summed E-state index contributed by atoms with van der Waals surface area (Å²) >= 11 is 0. The third kappa shape index (κ3) is 4.08. The first-order valence-corrected chi connectivity index (χ1v) is 10.5. The van der Waals surface area contributed by atoms with Gasteiger partial charge in [0.25, 0.3) is 5.91 Å². The molecular formula is C24H26N4O3. The van der Waals surface area contributed by atoms with Crippen molar-refractivity contribution >= 4 is 22.8 Å². The van der Waals surface area contributed by atoms with Crippen molar-refractivity contribution in [2.45, 2.75) is 39.3 Å². The molecule has 7 heteroatoms. The van der Waals surface area contributed by atoms with E-state index in [2.05, 4.69) is 15.3 Å². The van der Waals surface area contributed by atoms with E-state index in [1.807, 2.05) is 51.1 Å². The van der Waals surface area contributed by atoms with Crippen LogP contribution in [0.3, 0.4) is 0 Å². The summed E-state index contributed by atoms with van der Waals surface area (Å²) in [5.74, 6) is -0.717. The largest absolute Gasteiger partial charge is 0.349 e. The lowest BCUT2D eigenvalue weighted by Gasteiger charge is -2.41. The Balaban J connectivity index is 1.68. The number of benzene rings is 1. The number of aromatic amines is 1. The number of carbonyl (C=O) groups excluding carboxylic acids is 2. The molecular weight excluding hydrogens is 392 g/mol. The molecule has 2 atom stereocenters. The number of hydrogen-bond acceptors (Lipinski definition) is 4. The van der Waals surface area contributed by atoms with Gasteiger partial charge in [-0.25, -0.2) is 4.98 Å². The van der Waals surface area contributed by atoms with Crippen molar-refractivity contribution in [1.29, 1.82) is 0 Å². The summed E-state index contributed by atoms with van der Waals surface area (Å²) in [7, 11) is 0. The second-order valence-electron chi connectivity index (χ2n) is 8.42. The average Bonchev–Trinajstić information content (AvgIpc) is 2.73. The Morgan fingerprint density at radius 2 is 1.90 bits per heavy atom. The minimum atomic E-state index is -0.634. The second-order valence-corrected chi connectivity index (χ2v) is 8.42. The Hall–Kier alpha value is -3.48. The van der Waals surface area contributed by atoms with Gasteiger partial charge in [-0.15, -0.1) is 0 Å². The molecule has 160 valence electrons. The maximum atomic E-state index is 13.5. The van der Waals surface area contributed by atoms with Crippen molar-refractivity contribution < 1.29 is 9.59 Å². The molecule has 1 aromatic carbocycles. The lowest BCUT2D eigenvalue weighted by Crippen LogP contribution is -2.64. The first-order chi connectivity index (χ1) is 14.8. The van der Waals surface area contributed by atoms with E-state index in [4.69, 9.17) is 0 Å². The lowest BCUT2D eigenvalue weighted by molar-refractivity contribution is -0.131. The maximum absolute atomic E-state index is 13.5. The predicted octanol–water partition coefficient (Wildman–Crippen LogP) is 2.44. The van der Waals surface area contributed by atoms with Gasteiger partial charge >= 0.3 is 0 Å². The molecule has 1 saturated heterocycles. The standard InChI is InChI=1S/C24H26N4O3/c1-14(2)20-23(30)27-17(11-16-7-5-4-6-8-16)13-28(20)24(31)19-12-25-22-18(21(19)29)10-9-15(3)26-22/h4-10,12,14,17,20H,11,13H2,1-3H3,(H,27,30)(H,25,26,29)/t17-,20+/m0/s1. The third-order valence-electron chi connectivity index (χ3n) is 5.69. The van der Waals surface area contributed by atoms with Crippen LogP contribution in [0.25, 0.3) is 11.0 Å². The number of rotatable bonds is 4. The van der Waals surface area contributed by atoms with Gasteiger partial charge in [0.2, 0.25) is 11.3 Å². The fourth-order valence-corrected chi connectivity index (χ4v) is 4.23. The van der Waals surface area contributed by atoms with Gasteiger partial charge < -0.3 is 15.2 Å². The highest BCUT2D eigenvalue weighted by atomic mass is 16.2. The molecule has 1 aliphatic heterocycles. The number of aryl methyl sites for hydroxylation is 1. The van der Waals surface area contributed by atoms with Gasteiger partial charge in [-0.2, -0.15) is 0 Å². The van der Waals surface area contributed by atoms with Crippen LogP contribution in [0.1, 0.15) is 35.5 Å². The zero-order valence-electron chi connectivity index (χ0n) is 17.9. The molecule has 7 nitrogen and oxygen atoms in total. The Labute approximate surface area is 180 Å². The fraction of sp³-hybridized carbons (Fsp3) is 0.333. The van der Waals surface area contributed by atoms with Crippen LogP contribution in [0.2, 0.25) is 0 Å². The molecule has 3 heterocycles. The van der Waals surface area contributed by atoms with Gasteiger partial charge in [-0.1, -0.05) is 44.2 Å². The Kier molecular flexibility index (Phi) is 5.59. The molecule has 3 aromatic rings. The highest BCUT2D eigenvalue weighted by Gasteiger charge is 2.40. The van der Waals surface area contributed by atoms with E-state index < -0.39 is 11.9 Å². The molecule has 4 rings (SSSR count). The highest BCUT2D eigenvalue weighted by Crippen LogP contribution is 2.21. The Morgan fingerprint density at radius 1 is 1.16 bits per heavy atom. The first-order valence-electron chi connectivity index (χ1n) is 10.5. The predicted molar refractivity (Wildman–Crippen MR) is 119 cm³/mol. The third-order valence-corrected chi connectivity index (χ3v) is 5.69. The normalized spacial score (nSPS) is 19.0. The molecule has 31 heavy (non-hydrogen) atoms. The van der Waals surface area contributed by atoms with Crippen molar-refractivity contribution in [3.8, 4) is 0 Å². The SMILES string of the molecule is Cc1ccc2c(=O)c(C(=O)N3C[C@H](Cc4ccccc4)NC(=O)[C@H]3C(C)C)c[nH]c2n1. The average molecular weight is 418 g/mol. The van der Waals surface area contributed by atoms with Crippen LogP contribution < -0.4 is 10.7 Å². The van der Waals surface area contributed by atoms with Crippen molar-refractivity contribution in [1.82, 2.24) is 20.2 Å². The van der Waals surface area contributed by atoms with E-state index in [-0.39, 0.29) is 28.9 Å². The van der Waals surface area contributed by atoms with Crippen LogP contribution in [0, 0.1) is 12.8 Å². The number of carbonyl (C=O) groups is 2. The Bertz CT molecular complexity index is 1190. The van der Waals surface area contributed by atoms with Crippen LogP contribution in [0.4, 0.5) is 0 Å². The van der Waals surface area contributed by atoms with Crippen LogP contribution in [0.5, 0.6) is 0 Å². The molecule has 0 aliphatic carbocycles. The fourth-order valence-electron chi connectivity index (χ4n) is 4.23. The van der Waals surface area contributed by atoms with Crippen LogP contribution >= 0.6 is 0 Å². The number of piperazine rings is 1. The second kappa shape index (κ2) is 8.34. The molecule has 0 radical (unpaired) electrons. The lowest BCUT2D eigenvalue weighted by atomic mass is 9.94. The van der Waals surface area contributed by atoms with E-state index in [9.17, 15) is 14.4 Å². The first kappa shape index (κ1) is 20.8. The minimum absolute atomic E-state index is 0.0250. The molecule has 0 saturated carbocycles. The van der Waals surface area contributed by atoms with E-state index in [0.29, 0.717) is 24.0 Å². The van der Waals surface area contributed by atoms with Crippen LogP contribution in [0.15, 0.2) is 53.5 Å². The molecule has 2 amide bonds. The van der Waals surface area contributed by atoms with Gasteiger partial charge in [0, 0.05) is 18.4 Å². The van der Waals surface area contributed by atoms with Crippen LogP contribution in [-0.4, -0.2) is 45.3 Å². The van der Waals surface area contributed by atoms with E-state index >= 15 is 0 Å². The Morgan fingerprint density at radius 3 is 2.61 bits per heavy atom. The topological polar surface area (TPSA) is 95.2 Å².